The van der Waals surface area contributed by atoms with Crippen LogP contribution < -0.4 is 5.73 Å². The zero-order valence-corrected chi connectivity index (χ0v) is 10.6. The van der Waals surface area contributed by atoms with E-state index >= 15 is 0 Å². The Hall–Kier alpha value is -1.51. The first-order valence-electron chi connectivity index (χ1n) is 5.25. The van der Waals surface area contributed by atoms with Crippen molar-refractivity contribution in [1.29, 1.82) is 0 Å². The topological polar surface area (TPSA) is 63.4 Å². The predicted molar refractivity (Wildman–Crippen MR) is 69.6 cm³/mol. The van der Waals surface area contributed by atoms with Gasteiger partial charge in [-0.1, -0.05) is 25.0 Å². The summed E-state index contributed by atoms with van der Waals surface area (Å²) in [6.45, 7) is 2.23. The largest absolute Gasteiger partial charge is 0.399 e. The fourth-order valence-electron chi connectivity index (χ4n) is 1.49. The van der Waals surface area contributed by atoms with Crippen LogP contribution in [0, 0.1) is 12.3 Å². The van der Waals surface area contributed by atoms with Crippen molar-refractivity contribution in [2.75, 3.05) is 18.8 Å². The number of hydrogen-bond acceptors (Lipinski definition) is 3. The van der Waals surface area contributed by atoms with Gasteiger partial charge in [0.15, 0.2) is 0 Å². The van der Waals surface area contributed by atoms with Gasteiger partial charge in [-0.3, -0.25) is 0 Å². The summed E-state index contributed by atoms with van der Waals surface area (Å²) in [5.41, 5.74) is 6.82. The van der Waals surface area contributed by atoms with Crippen molar-refractivity contribution in [1.82, 2.24) is 4.31 Å². The minimum atomic E-state index is -3.37. The lowest BCUT2D eigenvalue weighted by Crippen LogP contribution is -2.32. The Bertz CT molecular complexity index is 518. The molecule has 1 aromatic rings. The number of rotatable bonds is 5. The predicted octanol–water partition coefficient (Wildman–Crippen LogP) is 1.05. The Balaban J connectivity index is 2.90. The van der Waals surface area contributed by atoms with Crippen molar-refractivity contribution in [3.63, 3.8) is 0 Å². The molecule has 17 heavy (non-hydrogen) atoms. The number of sulfonamides is 1. The lowest BCUT2D eigenvalue weighted by atomic mass is 10.2. The SMILES string of the molecule is C#CCN(CC)S(=O)(=O)Cc1cccc(N)c1. The van der Waals surface area contributed by atoms with Gasteiger partial charge in [-0.05, 0) is 17.7 Å². The zero-order chi connectivity index (χ0) is 12.9. The van der Waals surface area contributed by atoms with E-state index in [1.165, 1.54) is 4.31 Å². The molecule has 0 atom stereocenters. The molecule has 0 saturated carbocycles. The molecule has 0 radical (unpaired) electrons. The van der Waals surface area contributed by atoms with E-state index in [1.54, 1.807) is 31.2 Å². The van der Waals surface area contributed by atoms with E-state index in [0.717, 1.165) is 0 Å². The summed E-state index contributed by atoms with van der Waals surface area (Å²) >= 11 is 0. The molecule has 2 N–H and O–H groups in total. The molecule has 0 fully saturated rings. The number of terminal acetylenes is 1. The fourth-order valence-corrected chi connectivity index (χ4v) is 2.94. The second-order valence-corrected chi connectivity index (χ2v) is 5.60. The van der Waals surface area contributed by atoms with Gasteiger partial charge >= 0.3 is 0 Å². The van der Waals surface area contributed by atoms with Crippen molar-refractivity contribution in [2.45, 2.75) is 12.7 Å². The number of benzene rings is 1. The van der Waals surface area contributed by atoms with Crippen LogP contribution in [0.2, 0.25) is 0 Å². The summed E-state index contributed by atoms with van der Waals surface area (Å²) in [5.74, 6) is 2.27. The van der Waals surface area contributed by atoms with Crippen molar-refractivity contribution < 1.29 is 8.42 Å². The van der Waals surface area contributed by atoms with E-state index in [4.69, 9.17) is 12.2 Å². The smallest absolute Gasteiger partial charge is 0.219 e. The van der Waals surface area contributed by atoms with Crippen LogP contribution in [-0.4, -0.2) is 25.8 Å². The monoisotopic (exact) mass is 252 g/mol. The van der Waals surface area contributed by atoms with Crippen LogP contribution in [-0.2, 0) is 15.8 Å². The zero-order valence-electron chi connectivity index (χ0n) is 9.76. The number of anilines is 1. The Labute approximate surface area is 102 Å². The molecule has 0 aromatic heterocycles. The molecule has 0 saturated heterocycles. The molecular formula is C12H16N2O2S. The van der Waals surface area contributed by atoms with E-state index in [2.05, 4.69) is 5.92 Å². The minimum Gasteiger partial charge on any atom is -0.399 e. The summed E-state index contributed by atoms with van der Waals surface area (Å²) < 4.78 is 25.3. The molecule has 0 bridgehead atoms. The summed E-state index contributed by atoms with van der Waals surface area (Å²) in [4.78, 5) is 0. The van der Waals surface area contributed by atoms with E-state index < -0.39 is 10.0 Å². The fraction of sp³-hybridized carbons (Fsp3) is 0.333. The van der Waals surface area contributed by atoms with Crippen LogP contribution >= 0.6 is 0 Å². The Morgan fingerprint density at radius 3 is 2.71 bits per heavy atom. The average molecular weight is 252 g/mol. The first kappa shape index (κ1) is 13.6. The van der Waals surface area contributed by atoms with Gasteiger partial charge in [0, 0.05) is 12.2 Å². The van der Waals surface area contributed by atoms with Gasteiger partial charge in [0.25, 0.3) is 0 Å². The highest BCUT2D eigenvalue weighted by molar-refractivity contribution is 7.88. The third kappa shape index (κ3) is 3.77. The highest BCUT2D eigenvalue weighted by atomic mass is 32.2. The second kappa shape index (κ2) is 5.71. The molecule has 4 nitrogen and oxygen atoms in total. The van der Waals surface area contributed by atoms with E-state index in [0.29, 0.717) is 17.8 Å². The van der Waals surface area contributed by atoms with Crippen LogP contribution in [0.3, 0.4) is 0 Å². The van der Waals surface area contributed by atoms with Crippen LogP contribution in [0.25, 0.3) is 0 Å². The first-order chi connectivity index (χ1) is 7.99. The third-order valence-electron chi connectivity index (χ3n) is 2.31. The molecule has 0 heterocycles. The van der Waals surface area contributed by atoms with Gasteiger partial charge < -0.3 is 5.73 Å². The molecule has 0 spiro atoms. The lowest BCUT2D eigenvalue weighted by molar-refractivity contribution is 0.463. The summed E-state index contributed by atoms with van der Waals surface area (Å²) in [5, 5.41) is 0. The average Bonchev–Trinajstić information content (AvgIpc) is 2.24. The summed E-state index contributed by atoms with van der Waals surface area (Å²) in [7, 11) is -3.37. The third-order valence-corrected chi connectivity index (χ3v) is 4.19. The van der Waals surface area contributed by atoms with Crippen LogP contribution in [0.15, 0.2) is 24.3 Å². The maximum absolute atomic E-state index is 12.0. The number of hydrogen-bond donors (Lipinski definition) is 1. The molecule has 1 rings (SSSR count). The van der Waals surface area contributed by atoms with Crippen LogP contribution in [0.4, 0.5) is 5.69 Å². The van der Waals surface area contributed by atoms with Gasteiger partial charge in [0.1, 0.15) is 0 Å². The van der Waals surface area contributed by atoms with Crippen molar-refractivity contribution in [2.24, 2.45) is 0 Å². The summed E-state index contributed by atoms with van der Waals surface area (Å²) in [6, 6.07) is 6.84. The normalized spacial score (nSPS) is 11.4. The van der Waals surface area contributed by atoms with Crippen LogP contribution in [0.1, 0.15) is 12.5 Å². The lowest BCUT2D eigenvalue weighted by Gasteiger charge is -2.17. The molecule has 0 aliphatic heterocycles. The molecule has 1 aromatic carbocycles. The van der Waals surface area contributed by atoms with Crippen molar-refractivity contribution >= 4 is 15.7 Å². The van der Waals surface area contributed by atoms with Crippen LogP contribution in [0.5, 0.6) is 0 Å². The molecule has 92 valence electrons. The Kier molecular flexibility index (Phi) is 4.55. The highest BCUT2D eigenvalue weighted by Crippen LogP contribution is 2.13. The quantitative estimate of drug-likeness (QED) is 0.629. The minimum absolute atomic E-state index is 0.0758. The molecule has 5 heteroatoms. The molecular weight excluding hydrogens is 236 g/mol. The van der Waals surface area contributed by atoms with Gasteiger partial charge in [0.05, 0.1) is 12.3 Å². The number of nitrogens with two attached hydrogens (primary N) is 1. The number of nitrogens with zero attached hydrogens (tertiary/aromatic N) is 1. The second-order valence-electron chi connectivity index (χ2n) is 3.63. The highest BCUT2D eigenvalue weighted by Gasteiger charge is 2.19. The maximum Gasteiger partial charge on any atom is 0.219 e. The Morgan fingerprint density at radius 1 is 1.47 bits per heavy atom. The van der Waals surface area contributed by atoms with Gasteiger partial charge in [-0.2, -0.15) is 4.31 Å². The number of nitrogen functional groups attached to an aromatic ring is 1. The maximum atomic E-state index is 12.0. The molecule has 0 aliphatic rings. The van der Waals surface area contributed by atoms with Gasteiger partial charge in [-0.15, -0.1) is 6.42 Å². The van der Waals surface area contributed by atoms with Crippen molar-refractivity contribution in [3.8, 4) is 12.3 Å². The molecule has 0 unspecified atom stereocenters. The molecule has 0 aliphatic carbocycles. The van der Waals surface area contributed by atoms with E-state index in [-0.39, 0.29) is 12.3 Å². The molecule has 0 amide bonds. The van der Waals surface area contributed by atoms with E-state index in [9.17, 15) is 8.42 Å². The Morgan fingerprint density at radius 2 is 2.18 bits per heavy atom. The summed E-state index contributed by atoms with van der Waals surface area (Å²) in [6.07, 6.45) is 5.14. The van der Waals surface area contributed by atoms with E-state index in [1.807, 2.05) is 0 Å². The van der Waals surface area contributed by atoms with Gasteiger partial charge in [0.2, 0.25) is 10.0 Å². The van der Waals surface area contributed by atoms with Crippen molar-refractivity contribution in [3.05, 3.63) is 29.8 Å². The van der Waals surface area contributed by atoms with Gasteiger partial charge in [-0.25, -0.2) is 8.42 Å². The first-order valence-corrected chi connectivity index (χ1v) is 6.86. The standard InChI is InChI=1S/C12H16N2O2S/c1-3-8-14(4-2)17(15,16)10-11-6-5-7-12(13)9-11/h1,5-7,9H,4,8,10,13H2,2H3.